The molecule has 2 rings (SSSR count). The maximum atomic E-state index is 11.9. The first-order valence-electron chi connectivity index (χ1n) is 7.52. The van der Waals surface area contributed by atoms with Crippen molar-refractivity contribution in [3.8, 4) is 5.75 Å². The van der Waals surface area contributed by atoms with Gasteiger partial charge in [0.05, 0.1) is 0 Å². The van der Waals surface area contributed by atoms with E-state index < -0.39 is 6.10 Å². The maximum Gasteiger partial charge on any atom is 0.260 e. The van der Waals surface area contributed by atoms with Gasteiger partial charge in [-0.25, -0.2) is 0 Å². The minimum absolute atomic E-state index is 0.0517. The highest BCUT2D eigenvalue weighted by molar-refractivity contribution is 5.80. The molecule has 1 aliphatic rings. The van der Waals surface area contributed by atoms with Crippen molar-refractivity contribution >= 4 is 11.6 Å². The molecule has 1 atom stereocenters. The van der Waals surface area contributed by atoms with Crippen LogP contribution in [0.4, 0.5) is 5.69 Å². The second-order valence-corrected chi connectivity index (χ2v) is 5.25. The van der Waals surface area contributed by atoms with E-state index in [4.69, 9.17) is 4.74 Å². The molecule has 0 radical (unpaired) electrons. The summed E-state index contributed by atoms with van der Waals surface area (Å²) in [6.07, 6.45) is 3.89. The van der Waals surface area contributed by atoms with Gasteiger partial charge < -0.3 is 15.4 Å². The molecular formula is C16H24N2O2. The van der Waals surface area contributed by atoms with E-state index in [1.807, 2.05) is 12.1 Å². The number of ether oxygens (including phenoxy) is 1. The number of hydrogen-bond acceptors (Lipinski definition) is 3. The van der Waals surface area contributed by atoms with Crippen LogP contribution in [-0.4, -0.2) is 25.1 Å². The molecule has 0 fully saturated rings. The lowest BCUT2D eigenvalue weighted by Gasteiger charge is -2.20. The van der Waals surface area contributed by atoms with Gasteiger partial charge in [-0.3, -0.25) is 4.79 Å². The fraction of sp³-hybridized carbons (Fsp3) is 0.562. The Hall–Kier alpha value is -1.71. The number of nitrogens with one attached hydrogen (secondary N) is 2. The number of carbonyl (C=O) groups is 1. The Labute approximate surface area is 120 Å². The zero-order valence-corrected chi connectivity index (χ0v) is 12.4. The van der Waals surface area contributed by atoms with E-state index in [0.29, 0.717) is 0 Å². The fourth-order valence-electron chi connectivity index (χ4n) is 2.30. The summed E-state index contributed by atoms with van der Waals surface area (Å²) < 4.78 is 5.72. The summed E-state index contributed by atoms with van der Waals surface area (Å²) in [5, 5.41) is 6.25. The Morgan fingerprint density at radius 1 is 1.50 bits per heavy atom. The smallest absolute Gasteiger partial charge is 0.260 e. The molecule has 0 aromatic heterocycles. The molecule has 0 bridgehead atoms. The topological polar surface area (TPSA) is 50.4 Å². The van der Waals surface area contributed by atoms with E-state index >= 15 is 0 Å². The van der Waals surface area contributed by atoms with Crippen LogP contribution in [-0.2, 0) is 11.2 Å². The van der Waals surface area contributed by atoms with E-state index in [2.05, 4.69) is 23.6 Å². The molecule has 2 N–H and O–H groups in total. The van der Waals surface area contributed by atoms with Gasteiger partial charge in [-0.1, -0.05) is 19.4 Å². The molecule has 110 valence electrons. The van der Waals surface area contributed by atoms with Crippen LogP contribution in [0.3, 0.4) is 0 Å². The number of anilines is 1. The average Bonchev–Trinajstić information content (AvgIpc) is 2.47. The Morgan fingerprint density at radius 3 is 3.15 bits per heavy atom. The Kier molecular flexibility index (Phi) is 5.27. The summed E-state index contributed by atoms with van der Waals surface area (Å²) >= 11 is 0. The number of aryl methyl sites for hydroxylation is 1. The van der Waals surface area contributed by atoms with E-state index in [1.54, 1.807) is 6.92 Å². The molecule has 1 unspecified atom stereocenters. The summed E-state index contributed by atoms with van der Waals surface area (Å²) in [4.78, 5) is 11.9. The van der Waals surface area contributed by atoms with Gasteiger partial charge in [0.2, 0.25) is 0 Å². The van der Waals surface area contributed by atoms with Crippen molar-refractivity contribution in [2.24, 2.45) is 0 Å². The third-order valence-corrected chi connectivity index (χ3v) is 3.53. The van der Waals surface area contributed by atoms with Gasteiger partial charge >= 0.3 is 0 Å². The fourth-order valence-corrected chi connectivity index (χ4v) is 2.30. The normalized spacial score (nSPS) is 14.9. The molecule has 1 aliphatic heterocycles. The van der Waals surface area contributed by atoms with E-state index in [9.17, 15) is 4.79 Å². The molecule has 4 heteroatoms. The van der Waals surface area contributed by atoms with Gasteiger partial charge in [-0.2, -0.15) is 0 Å². The van der Waals surface area contributed by atoms with E-state index in [-0.39, 0.29) is 5.91 Å². The van der Waals surface area contributed by atoms with Crippen LogP contribution in [0.15, 0.2) is 18.2 Å². The lowest BCUT2D eigenvalue weighted by Crippen LogP contribution is -2.36. The van der Waals surface area contributed by atoms with Crippen LogP contribution < -0.4 is 15.4 Å². The maximum absolute atomic E-state index is 11.9. The van der Waals surface area contributed by atoms with Crippen LogP contribution in [0.25, 0.3) is 0 Å². The number of benzene rings is 1. The number of rotatable bonds is 6. The minimum Gasteiger partial charge on any atom is -0.481 e. The molecule has 0 saturated heterocycles. The van der Waals surface area contributed by atoms with Gasteiger partial charge in [0, 0.05) is 24.8 Å². The number of carbonyl (C=O) groups excluding carboxylic acids is 1. The summed E-state index contributed by atoms with van der Waals surface area (Å²) in [6.45, 7) is 5.61. The van der Waals surface area contributed by atoms with Crippen molar-refractivity contribution in [2.75, 3.05) is 18.4 Å². The molecule has 1 heterocycles. The van der Waals surface area contributed by atoms with Crippen LogP contribution in [0.2, 0.25) is 0 Å². The standard InChI is InChI=1S/C16H24N2O2/c1-3-4-9-18-16(19)12(2)20-14-8-7-13-6-5-10-17-15(13)11-14/h7-8,11-12,17H,3-6,9-10H2,1-2H3,(H,18,19). The number of fused-ring (bicyclic) bond motifs is 1. The van der Waals surface area contributed by atoms with Crippen molar-refractivity contribution in [1.82, 2.24) is 5.32 Å². The SMILES string of the molecule is CCCCNC(=O)C(C)Oc1ccc2c(c1)NCCC2. The van der Waals surface area contributed by atoms with Crippen molar-refractivity contribution in [2.45, 2.75) is 45.6 Å². The quantitative estimate of drug-likeness (QED) is 0.785. The van der Waals surface area contributed by atoms with Gasteiger partial charge in [0.25, 0.3) is 5.91 Å². The van der Waals surface area contributed by atoms with Crippen molar-refractivity contribution < 1.29 is 9.53 Å². The Balaban J connectivity index is 1.90. The van der Waals surface area contributed by atoms with Gasteiger partial charge in [-0.05, 0) is 37.8 Å². The largest absolute Gasteiger partial charge is 0.481 e. The minimum atomic E-state index is -0.464. The van der Waals surface area contributed by atoms with E-state index in [1.165, 1.54) is 12.0 Å². The highest BCUT2D eigenvalue weighted by Gasteiger charge is 2.15. The average molecular weight is 276 g/mol. The molecule has 0 spiro atoms. The third-order valence-electron chi connectivity index (χ3n) is 3.53. The molecule has 1 aromatic carbocycles. The molecule has 20 heavy (non-hydrogen) atoms. The number of hydrogen-bond donors (Lipinski definition) is 2. The summed E-state index contributed by atoms with van der Waals surface area (Å²) in [5.74, 6) is 0.695. The summed E-state index contributed by atoms with van der Waals surface area (Å²) in [7, 11) is 0. The molecule has 4 nitrogen and oxygen atoms in total. The highest BCUT2D eigenvalue weighted by Crippen LogP contribution is 2.27. The number of amides is 1. The molecular weight excluding hydrogens is 252 g/mol. The molecule has 1 aromatic rings. The summed E-state index contributed by atoms with van der Waals surface area (Å²) in [6, 6.07) is 6.02. The zero-order chi connectivity index (χ0) is 14.4. The molecule has 1 amide bonds. The van der Waals surface area contributed by atoms with Gasteiger partial charge in [0.1, 0.15) is 5.75 Å². The highest BCUT2D eigenvalue weighted by atomic mass is 16.5. The van der Waals surface area contributed by atoms with Crippen LogP contribution in [0.5, 0.6) is 5.75 Å². The number of unbranched alkanes of at least 4 members (excludes halogenated alkanes) is 1. The van der Waals surface area contributed by atoms with Gasteiger partial charge in [-0.15, -0.1) is 0 Å². The first kappa shape index (κ1) is 14.7. The molecule has 0 aliphatic carbocycles. The lowest BCUT2D eigenvalue weighted by atomic mass is 10.0. The van der Waals surface area contributed by atoms with Crippen LogP contribution >= 0.6 is 0 Å². The Morgan fingerprint density at radius 2 is 2.35 bits per heavy atom. The second kappa shape index (κ2) is 7.17. The predicted octanol–water partition coefficient (Wildman–Crippen LogP) is 2.73. The second-order valence-electron chi connectivity index (χ2n) is 5.25. The van der Waals surface area contributed by atoms with Crippen molar-refractivity contribution in [3.05, 3.63) is 23.8 Å². The predicted molar refractivity (Wildman–Crippen MR) is 81.3 cm³/mol. The molecule has 0 saturated carbocycles. The van der Waals surface area contributed by atoms with Crippen LogP contribution in [0, 0.1) is 0 Å². The van der Waals surface area contributed by atoms with Gasteiger partial charge in [0.15, 0.2) is 6.10 Å². The van der Waals surface area contributed by atoms with Crippen molar-refractivity contribution in [1.29, 1.82) is 0 Å². The first-order valence-corrected chi connectivity index (χ1v) is 7.52. The summed E-state index contributed by atoms with van der Waals surface area (Å²) in [5.41, 5.74) is 2.45. The van der Waals surface area contributed by atoms with Crippen molar-refractivity contribution in [3.63, 3.8) is 0 Å². The third kappa shape index (κ3) is 3.89. The first-order chi connectivity index (χ1) is 9.70. The monoisotopic (exact) mass is 276 g/mol. The Bertz CT molecular complexity index is 460. The zero-order valence-electron chi connectivity index (χ0n) is 12.4. The lowest BCUT2D eigenvalue weighted by molar-refractivity contribution is -0.127. The van der Waals surface area contributed by atoms with Crippen LogP contribution in [0.1, 0.15) is 38.7 Å². The van der Waals surface area contributed by atoms with E-state index in [0.717, 1.165) is 43.8 Å².